The number of amides is 2. The van der Waals surface area contributed by atoms with Crippen molar-refractivity contribution >= 4 is 27.5 Å². The maximum atomic E-state index is 13.0. The average Bonchev–Trinajstić information content (AvgIpc) is 3.38. The molecule has 2 aliphatic heterocycles. The lowest BCUT2D eigenvalue weighted by Gasteiger charge is -2.23. The molecular weight excluding hydrogens is 406 g/mol. The van der Waals surface area contributed by atoms with Gasteiger partial charge in [-0.15, -0.1) is 0 Å². The van der Waals surface area contributed by atoms with E-state index in [1.54, 1.807) is 37.8 Å². The molecule has 0 bridgehead atoms. The van der Waals surface area contributed by atoms with Crippen LogP contribution in [0, 0.1) is 5.92 Å². The van der Waals surface area contributed by atoms with Crippen molar-refractivity contribution < 1.29 is 22.7 Å². The summed E-state index contributed by atoms with van der Waals surface area (Å²) in [7, 11) is -3.90. The summed E-state index contributed by atoms with van der Waals surface area (Å²) in [5, 5.41) is 2.81. The van der Waals surface area contributed by atoms with Gasteiger partial charge in [0.15, 0.2) is 0 Å². The number of nitrogens with one attached hydrogen (secondary N) is 2. The van der Waals surface area contributed by atoms with E-state index in [2.05, 4.69) is 10.0 Å². The zero-order chi connectivity index (χ0) is 21.9. The van der Waals surface area contributed by atoms with Gasteiger partial charge in [-0.25, -0.2) is 8.42 Å². The van der Waals surface area contributed by atoms with Gasteiger partial charge < -0.3 is 15.0 Å². The molecule has 0 saturated carbocycles. The van der Waals surface area contributed by atoms with Gasteiger partial charge >= 0.3 is 0 Å². The third-order valence-corrected chi connectivity index (χ3v) is 7.06. The molecule has 2 aliphatic rings. The second kappa shape index (κ2) is 9.45. The molecule has 0 unspecified atom stereocenters. The molecule has 0 radical (unpaired) electrons. The van der Waals surface area contributed by atoms with E-state index < -0.39 is 16.1 Å². The van der Waals surface area contributed by atoms with Crippen molar-refractivity contribution in [2.45, 2.75) is 63.5 Å². The lowest BCUT2D eigenvalue weighted by Crippen LogP contribution is -2.50. The third kappa shape index (κ3) is 5.01. The smallest absolute Gasteiger partial charge is 0.241 e. The van der Waals surface area contributed by atoms with Crippen LogP contribution in [0.2, 0.25) is 0 Å². The molecule has 3 rings (SSSR count). The highest BCUT2D eigenvalue weighted by Crippen LogP contribution is 2.30. The summed E-state index contributed by atoms with van der Waals surface area (Å²) in [6.45, 7) is 7.04. The van der Waals surface area contributed by atoms with Crippen LogP contribution < -0.4 is 14.9 Å². The first kappa shape index (κ1) is 22.7. The van der Waals surface area contributed by atoms with Crippen LogP contribution in [0.15, 0.2) is 23.1 Å². The van der Waals surface area contributed by atoms with Crippen molar-refractivity contribution in [3.8, 4) is 0 Å². The van der Waals surface area contributed by atoms with E-state index in [1.807, 2.05) is 0 Å². The Labute approximate surface area is 178 Å². The van der Waals surface area contributed by atoms with Gasteiger partial charge in [0, 0.05) is 31.8 Å². The van der Waals surface area contributed by atoms with E-state index in [-0.39, 0.29) is 28.7 Å². The first-order valence-electron chi connectivity index (χ1n) is 10.6. The van der Waals surface area contributed by atoms with Gasteiger partial charge in [-0.2, -0.15) is 4.72 Å². The average molecular weight is 438 g/mol. The number of sulfonamides is 1. The fraction of sp³-hybridized carbons (Fsp3) is 0.619. The Morgan fingerprint density at radius 1 is 1.30 bits per heavy atom. The molecule has 2 amide bonds. The van der Waals surface area contributed by atoms with Crippen molar-refractivity contribution in [3.63, 3.8) is 0 Å². The maximum absolute atomic E-state index is 13.0. The zero-order valence-electron chi connectivity index (χ0n) is 17.8. The molecule has 0 spiro atoms. The fourth-order valence-electron chi connectivity index (χ4n) is 3.85. The minimum atomic E-state index is -3.90. The number of ether oxygens (including phenoxy) is 1. The van der Waals surface area contributed by atoms with Gasteiger partial charge in [-0.1, -0.05) is 20.8 Å². The predicted molar refractivity (Wildman–Crippen MR) is 114 cm³/mol. The van der Waals surface area contributed by atoms with Crippen LogP contribution in [0.5, 0.6) is 0 Å². The molecule has 2 atom stereocenters. The van der Waals surface area contributed by atoms with E-state index in [4.69, 9.17) is 4.74 Å². The molecule has 166 valence electrons. The number of anilines is 1. The second-order valence-corrected chi connectivity index (χ2v) is 9.88. The molecule has 30 heavy (non-hydrogen) atoms. The number of carbonyl (C=O) groups is 2. The molecule has 8 nitrogen and oxygen atoms in total. The number of benzene rings is 1. The maximum Gasteiger partial charge on any atom is 0.241 e. The van der Waals surface area contributed by atoms with E-state index in [1.165, 1.54) is 6.07 Å². The largest absolute Gasteiger partial charge is 0.376 e. The van der Waals surface area contributed by atoms with Crippen molar-refractivity contribution in [1.29, 1.82) is 0 Å². The molecule has 0 aliphatic carbocycles. The van der Waals surface area contributed by atoms with E-state index >= 15 is 0 Å². The van der Waals surface area contributed by atoms with Gasteiger partial charge in [0.25, 0.3) is 0 Å². The van der Waals surface area contributed by atoms with Crippen LogP contribution >= 0.6 is 0 Å². The molecular formula is C21H31N3O5S. The van der Waals surface area contributed by atoms with E-state index in [0.717, 1.165) is 24.1 Å². The molecule has 1 fully saturated rings. The summed E-state index contributed by atoms with van der Waals surface area (Å²) < 4.78 is 34.0. The van der Waals surface area contributed by atoms with Crippen LogP contribution in [0.3, 0.4) is 0 Å². The molecule has 1 aromatic rings. The first-order valence-corrected chi connectivity index (χ1v) is 12.1. The lowest BCUT2D eigenvalue weighted by atomic mass is 10.0. The highest BCUT2D eigenvalue weighted by Gasteiger charge is 2.31. The standard InChI is InChI=1S/C21H31N3O5S/c1-4-19(25)24-10-9-15-12-17(7-8-18(15)24)30(27,28)23-20(14(2)3)21(26)22-13-16-6-5-11-29-16/h7-8,12,14,16,20,23H,4-6,9-11,13H2,1-3H3,(H,22,26)/t16-,20-/m1/s1. The molecule has 2 heterocycles. The SMILES string of the molecule is CCC(=O)N1CCc2cc(S(=O)(=O)N[C@@H](C(=O)NC[C@H]3CCCO3)C(C)C)ccc21. The van der Waals surface area contributed by atoms with Gasteiger partial charge in [-0.05, 0) is 48.9 Å². The fourth-order valence-corrected chi connectivity index (χ4v) is 5.25. The Bertz CT molecular complexity index is 894. The molecule has 2 N–H and O–H groups in total. The van der Waals surface area contributed by atoms with Crippen LogP contribution in [0.1, 0.15) is 45.6 Å². The second-order valence-electron chi connectivity index (χ2n) is 8.16. The van der Waals surface area contributed by atoms with E-state index in [0.29, 0.717) is 32.5 Å². The quantitative estimate of drug-likeness (QED) is 0.643. The Balaban J connectivity index is 1.72. The van der Waals surface area contributed by atoms with Crippen LogP contribution in [-0.4, -0.2) is 52.1 Å². The van der Waals surface area contributed by atoms with Gasteiger partial charge in [-0.3, -0.25) is 9.59 Å². The number of hydrogen-bond acceptors (Lipinski definition) is 5. The number of fused-ring (bicyclic) bond motifs is 1. The zero-order valence-corrected chi connectivity index (χ0v) is 18.6. The Morgan fingerprint density at radius 2 is 2.07 bits per heavy atom. The van der Waals surface area contributed by atoms with Gasteiger partial charge in [0.2, 0.25) is 21.8 Å². The Morgan fingerprint density at radius 3 is 2.70 bits per heavy atom. The molecule has 0 aromatic heterocycles. The monoisotopic (exact) mass is 437 g/mol. The van der Waals surface area contributed by atoms with Crippen LogP contribution in [0.25, 0.3) is 0 Å². The minimum Gasteiger partial charge on any atom is -0.376 e. The summed E-state index contributed by atoms with van der Waals surface area (Å²) in [6, 6.07) is 3.88. The highest BCUT2D eigenvalue weighted by atomic mass is 32.2. The number of rotatable bonds is 8. The molecule has 9 heteroatoms. The van der Waals surface area contributed by atoms with Gasteiger partial charge in [0.05, 0.1) is 11.0 Å². The normalized spacial score (nSPS) is 19.7. The third-order valence-electron chi connectivity index (χ3n) is 5.62. The van der Waals surface area contributed by atoms with E-state index in [9.17, 15) is 18.0 Å². The van der Waals surface area contributed by atoms with Crippen molar-refractivity contribution in [2.75, 3.05) is 24.6 Å². The molecule has 1 saturated heterocycles. The number of nitrogens with zero attached hydrogens (tertiary/aromatic N) is 1. The van der Waals surface area contributed by atoms with Crippen molar-refractivity contribution in [2.24, 2.45) is 5.92 Å². The number of hydrogen-bond donors (Lipinski definition) is 2. The summed E-state index contributed by atoms with van der Waals surface area (Å²) in [5.74, 6) is -0.563. The summed E-state index contributed by atoms with van der Waals surface area (Å²) in [5.41, 5.74) is 1.58. The van der Waals surface area contributed by atoms with Crippen LogP contribution in [0.4, 0.5) is 5.69 Å². The Kier molecular flexibility index (Phi) is 7.15. The Hall–Kier alpha value is -1.97. The lowest BCUT2D eigenvalue weighted by molar-refractivity contribution is -0.124. The predicted octanol–water partition coefficient (Wildman–Crippen LogP) is 1.58. The first-order chi connectivity index (χ1) is 14.2. The topological polar surface area (TPSA) is 105 Å². The summed E-state index contributed by atoms with van der Waals surface area (Å²) in [4.78, 5) is 26.5. The highest BCUT2D eigenvalue weighted by molar-refractivity contribution is 7.89. The number of carbonyl (C=O) groups excluding carboxylic acids is 2. The van der Waals surface area contributed by atoms with Gasteiger partial charge in [0.1, 0.15) is 6.04 Å². The molecule has 1 aromatic carbocycles. The summed E-state index contributed by atoms with van der Waals surface area (Å²) in [6.07, 6.45) is 2.87. The van der Waals surface area contributed by atoms with Crippen molar-refractivity contribution in [1.82, 2.24) is 10.0 Å². The minimum absolute atomic E-state index is 0.0103. The summed E-state index contributed by atoms with van der Waals surface area (Å²) >= 11 is 0. The van der Waals surface area contributed by atoms with Crippen molar-refractivity contribution in [3.05, 3.63) is 23.8 Å². The van der Waals surface area contributed by atoms with Crippen LogP contribution in [-0.2, 0) is 30.8 Å².